The van der Waals surface area contributed by atoms with Crippen molar-refractivity contribution in [3.8, 4) is 5.75 Å². The molecule has 3 rings (SSSR count). The Labute approximate surface area is 140 Å². The van der Waals surface area contributed by atoms with E-state index in [1.54, 1.807) is 18.0 Å². The predicted octanol–water partition coefficient (Wildman–Crippen LogP) is 4.58. The number of hydrogen-bond donors (Lipinski definition) is 0. The van der Waals surface area contributed by atoms with E-state index < -0.39 is 0 Å². The average molecular weight is 325 g/mol. The molecule has 0 aliphatic heterocycles. The van der Waals surface area contributed by atoms with Gasteiger partial charge in [-0.1, -0.05) is 48.5 Å². The fourth-order valence-electron chi connectivity index (χ4n) is 2.18. The molecule has 0 spiro atoms. The maximum Gasteiger partial charge on any atom is 0.198 e. The van der Waals surface area contributed by atoms with Gasteiger partial charge < -0.3 is 9.15 Å². The third-order valence-corrected chi connectivity index (χ3v) is 4.24. The van der Waals surface area contributed by atoms with E-state index in [1.807, 2.05) is 48.5 Å². The number of ether oxygens (including phenoxy) is 1. The summed E-state index contributed by atoms with van der Waals surface area (Å²) in [6.45, 7) is 0.698. The highest BCUT2D eigenvalue weighted by atomic mass is 32.2. The van der Waals surface area contributed by atoms with Gasteiger partial charge in [0.2, 0.25) is 0 Å². The molecule has 0 radical (unpaired) electrons. The van der Waals surface area contributed by atoms with Gasteiger partial charge >= 0.3 is 0 Å². The number of aromatic nitrogens is 1. The van der Waals surface area contributed by atoms with Gasteiger partial charge in [-0.15, -0.1) is 0 Å². The Morgan fingerprint density at radius 1 is 0.957 bits per heavy atom. The zero-order valence-electron chi connectivity index (χ0n) is 12.9. The summed E-state index contributed by atoms with van der Waals surface area (Å²) in [6, 6.07) is 20.1. The molecule has 3 nitrogen and oxygen atoms in total. The summed E-state index contributed by atoms with van der Waals surface area (Å²) in [5.41, 5.74) is 2.20. The van der Waals surface area contributed by atoms with E-state index in [4.69, 9.17) is 9.15 Å². The first kappa shape index (κ1) is 15.7. The van der Waals surface area contributed by atoms with Crippen molar-refractivity contribution in [2.45, 2.75) is 12.2 Å². The van der Waals surface area contributed by atoms with Crippen LogP contribution in [0.2, 0.25) is 0 Å². The molecule has 1 aromatic heterocycles. The Morgan fingerprint density at radius 2 is 1.70 bits per heavy atom. The average Bonchev–Trinajstić information content (AvgIpc) is 3.04. The van der Waals surface area contributed by atoms with Crippen molar-refractivity contribution >= 4 is 11.8 Å². The van der Waals surface area contributed by atoms with E-state index in [9.17, 15) is 0 Å². The highest BCUT2D eigenvalue weighted by molar-refractivity contribution is 7.98. The Hall–Kier alpha value is -2.20. The van der Waals surface area contributed by atoms with Gasteiger partial charge in [0.1, 0.15) is 12.0 Å². The number of oxazole rings is 1. The fraction of sp³-hybridized carbons (Fsp3) is 0.211. The third-order valence-electron chi connectivity index (χ3n) is 3.29. The van der Waals surface area contributed by atoms with Crippen molar-refractivity contribution in [1.29, 1.82) is 0 Å². The van der Waals surface area contributed by atoms with Gasteiger partial charge in [-0.3, -0.25) is 0 Å². The Kier molecular flexibility index (Phi) is 5.75. The highest BCUT2D eigenvalue weighted by Crippen LogP contribution is 2.15. The molecular weight excluding hydrogens is 306 g/mol. The predicted molar refractivity (Wildman–Crippen MR) is 93.9 cm³/mol. The molecule has 2 aromatic carbocycles. The molecule has 0 atom stereocenters. The zero-order chi connectivity index (χ0) is 15.7. The molecule has 0 saturated carbocycles. The zero-order valence-corrected chi connectivity index (χ0v) is 13.7. The van der Waals surface area contributed by atoms with Crippen LogP contribution in [0.4, 0.5) is 0 Å². The van der Waals surface area contributed by atoms with E-state index in [1.165, 1.54) is 5.56 Å². The minimum Gasteiger partial charge on any atom is -0.493 e. The second-order valence-corrected chi connectivity index (χ2v) is 6.21. The minimum absolute atomic E-state index is 0.698. The monoisotopic (exact) mass is 325 g/mol. The summed E-state index contributed by atoms with van der Waals surface area (Å²) in [5, 5.41) is 0. The van der Waals surface area contributed by atoms with E-state index in [0.717, 1.165) is 35.3 Å². The van der Waals surface area contributed by atoms with Crippen molar-refractivity contribution in [3.63, 3.8) is 0 Å². The molecule has 0 amide bonds. The van der Waals surface area contributed by atoms with E-state index in [-0.39, 0.29) is 0 Å². The molecule has 0 unspecified atom stereocenters. The second-order valence-electron chi connectivity index (χ2n) is 5.11. The van der Waals surface area contributed by atoms with E-state index in [0.29, 0.717) is 6.61 Å². The summed E-state index contributed by atoms with van der Waals surface area (Å²) in [4.78, 5) is 4.53. The number of nitrogens with zero attached hydrogens (tertiary/aromatic N) is 1. The Balaban J connectivity index is 1.38. The molecule has 0 N–H and O–H groups in total. The summed E-state index contributed by atoms with van der Waals surface area (Å²) in [6.07, 6.45) is 2.49. The number of para-hydroxylation sites is 1. The summed E-state index contributed by atoms with van der Waals surface area (Å²) in [5.74, 6) is 3.46. The van der Waals surface area contributed by atoms with Crippen LogP contribution in [0.3, 0.4) is 0 Å². The highest BCUT2D eigenvalue weighted by Gasteiger charge is 2.05. The smallest absolute Gasteiger partial charge is 0.198 e. The molecule has 23 heavy (non-hydrogen) atoms. The van der Waals surface area contributed by atoms with Crippen LogP contribution in [-0.2, 0) is 12.2 Å². The van der Waals surface area contributed by atoms with Crippen LogP contribution in [0, 0.1) is 0 Å². The lowest BCUT2D eigenvalue weighted by Crippen LogP contribution is -2.00. The number of rotatable bonds is 8. The second kappa shape index (κ2) is 8.44. The molecule has 3 aromatic rings. The molecule has 118 valence electrons. The SMILES string of the molecule is c1ccc(Cc2nc(CSCCOc3ccccc3)co2)cc1. The molecule has 0 aliphatic carbocycles. The van der Waals surface area contributed by atoms with E-state index >= 15 is 0 Å². The Morgan fingerprint density at radius 3 is 2.48 bits per heavy atom. The number of hydrogen-bond acceptors (Lipinski definition) is 4. The molecule has 0 aliphatic rings. The minimum atomic E-state index is 0.698. The van der Waals surface area contributed by atoms with Gasteiger partial charge in [0, 0.05) is 17.9 Å². The van der Waals surface area contributed by atoms with Crippen LogP contribution in [0.1, 0.15) is 17.1 Å². The number of benzene rings is 2. The maximum atomic E-state index is 5.66. The molecule has 0 fully saturated rings. The van der Waals surface area contributed by atoms with Crippen molar-refractivity contribution in [3.05, 3.63) is 84.1 Å². The van der Waals surface area contributed by atoms with Gasteiger partial charge in [0.15, 0.2) is 5.89 Å². The third kappa shape index (κ3) is 5.18. The topological polar surface area (TPSA) is 35.3 Å². The molecule has 0 bridgehead atoms. The summed E-state index contributed by atoms with van der Waals surface area (Å²) >= 11 is 1.80. The molecular formula is C19H19NO2S. The standard InChI is InChI=1S/C19H19NO2S/c1-3-7-16(8-4-1)13-19-20-17(14-22-19)15-23-12-11-21-18-9-5-2-6-10-18/h1-10,14H,11-13,15H2. The Bertz CT molecular complexity index is 698. The van der Waals surface area contributed by atoms with Gasteiger partial charge in [-0.2, -0.15) is 11.8 Å². The normalized spacial score (nSPS) is 10.6. The van der Waals surface area contributed by atoms with Crippen LogP contribution in [0.15, 0.2) is 71.3 Å². The van der Waals surface area contributed by atoms with Crippen LogP contribution in [0.5, 0.6) is 5.75 Å². The van der Waals surface area contributed by atoms with Crippen molar-refractivity contribution in [2.24, 2.45) is 0 Å². The first-order valence-electron chi connectivity index (χ1n) is 7.63. The quantitative estimate of drug-likeness (QED) is 0.568. The lowest BCUT2D eigenvalue weighted by Gasteiger charge is -2.04. The van der Waals surface area contributed by atoms with Crippen molar-refractivity contribution in [2.75, 3.05) is 12.4 Å². The van der Waals surface area contributed by atoms with Gasteiger partial charge in [0.05, 0.1) is 12.3 Å². The molecule has 0 saturated heterocycles. The summed E-state index contributed by atoms with van der Waals surface area (Å²) in [7, 11) is 0. The van der Waals surface area contributed by atoms with Crippen LogP contribution < -0.4 is 4.74 Å². The first-order valence-corrected chi connectivity index (χ1v) is 8.78. The van der Waals surface area contributed by atoms with Gasteiger partial charge in [-0.25, -0.2) is 4.98 Å². The van der Waals surface area contributed by atoms with Crippen molar-refractivity contribution in [1.82, 2.24) is 4.98 Å². The van der Waals surface area contributed by atoms with Crippen molar-refractivity contribution < 1.29 is 9.15 Å². The molecule has 4 heteroatoms. The van der Waals surface area contributed by atoms with Gasteiger partial charge in [0.25, 0.3) is 0 Å². The van der Waals surface area contributed by atoms with Gasteiger partial charge in [-0.05, 0) is 17.7 Å². The lowest BCUT2D eigenvalue weighted by atomic mass is 10.1. The van der Waals surface area contributed by atoms with Crippen LogP contribution in [-0.4, -0.2) is 17.3 Å². The van der Waals surface area contributed by atoms with Crippen LogP contribution >= 0.6 is 11.8 Å². The maximum absolute atomic E-state index is 5.66. The van der Waals surface area contributed by atoms with Crippen LogP contribution in [0.25, 0.3) is 0 Å². The lowest BCUT2D eigenvalue weighted by molar-refractivity contribution is 0.344. The van der Waals surface area contributed by atoms with E-state index in [2.05, 4.69) is 17.1 Å². The largest absolute Gasteiger partial charge is 0.493 e. The number of thioether (sulfide) groups is 1. The summed E-state index contributed by atoms with van der Waals surface area (Å²) < 4.78 is 11.2. The molecule has 1 heterocycles. The fourth-order valence-corrected chi connectivity index (χ4v) is 2.87. The first-order chi connectivity index (χ1) is 11.4.